The van der Waals surface area contributed by atoms with E-state index >= 15 is 0 Å². The van der Waals surface area contributed by atoms with Crippen LogP contribution < -0.4 is 10.5 Å². The third-order valence-corrected chi connectivity index (χ3v) is 3.11. The van der Waals surface area contributed by atoms with Crippen LogP contribution in [0.25, 0.3) is 0 Å². The van der Waals surface area contributed by atoms with Gasteiger partial charge in [-0.2, -0.15) is 0 Å². The van der Waals surface area contributed by atoms with Crippen LogP contribution in [0.4, 0.5) is 4.39 Å². The molecule has 5 heteroatoms. The Morgan fingerprint density at radius 3 is 2.50 bits per heavy atom. The second-order valence-corrected chi connectivity index (χ2v) is 4.86. The highest BCUT2D eigenvalue weighted by atomic mass is 79.9. The zero-order valence-corrected chi connectivity index (χ0v) is 11.6. The molecule has 0 aliphatic rings. The number of rotatable bonds is 3. The first-order valence-electron chi connectivity index (χ1n) is 5.09. The first-order chi connectivity index (χ1) is 8.56. The highest BCUT2D eigenvalue weighted by Crippen LogP contribution is 2.27. The summed E-state index contributed by atoms with van der Waals surface area (Å²) in [5.74, 6) is 0.670. The Morgan fingerprint density at radius 2 is 1.89 bits per heavy atom. The van der Waals surface area contributed by atoms with Crippen LogP contribution >= 0.6 is 28.1 Å². The smallest absolute Gasteiger partial charge is 0.130 e. The van der Waals surface area contributed by atoms with Gasteiger partial charge in [-0.15, -0.1) is 0 Å². The fourth-order valence-corrected chi connectivity index (χ4v) is 2.31. The molecule has 0 fully saturated rings. The lowest BCUT2D eigenvalue weighted by Crippen LogP contribution is -2.09. The van der Waals surface area contributed by atoms with Crippen LogP contribution in [-0.4, -0.2) is 4.99 Å². The summed E-state index contributed by atoms with van der Waals surface area (Å²) in [7, 11) is 0. The van der Waals surface area contributed by atoms with Gasteiger partial charge < -0.3 is 10.5 Å². The fourth-order valence-electron chi connectivity index (χ4n) is 1.43. The number of halogens is 2. The number of benzene rings is 2. The average Bonchev–Trinajstić information content (AvgIpc) is 2.28. The molecular weight excluding hydrogens is 317 g/mol. The van der Waals surface area contributed by atoms with Crippen molar-refractivity contribution < 1.29 is 9.13 Å². The van der Waals surface area contributed by atoms with Gasteiger partial charge in [0.2, 0.25) is 0 Å². The van der Waals surface area contributed by atoms with Gasteiger partial charge in [-0.3, -0.25) is 0 Å². The average molecular weight is 326 g/mol. The summed E-state index contributed by atoms with van der Waals surface area (Å²) >= 11 is 8.25. The molecule has 2 nitrogen and oxygen atoms in total. The molecule has 0 bridgehead atoms. The van der Waals surface area contributed by atoms with E-state index in [0.29, 0.717) is 16.5 Å². The lowest BCUT2D eigenvalue weighted by Gasteiger charge is -2.08. The topological polar surface area (TPSA) is 35.2 Å². The van der Waals surface area contributed by atoms with E-state index in [2.05, 4.69) is 15.9 Å². The van der Waals surface area contributed by atoms with Gasteiger partial charge in [-0.25, -0.2) is 4.39 Å². The number of thiocarbonyl (C=S) groups is 1. The quantitative estimate of drug-likeness (QED) is 0.866. The Hall–Kier alpha value is -1.46. The van der Waals surface area contributed by atoms with Gasteiger partial charge in [0.15, 0.2) is 0 Å². The zero-order valence-electron chi connectivity index (χ0n) is 9.19. The highest BCUT2D eigenvalue weighted by molar-refractivity contribution is 9.10. The molecule has 0 aliphatic heterocycles. The van der Waals surface area contributed by atoms with Gasteiger partial charge in [-0.05, 0) is 46.3 Å². The molecule has 0 atom stereocenters. The molecule has 2 rings (SSSR count). The minimum Gasteiger partial charge on any atom is -0.457 e. The van der Waals surface area contributed by atoms with E-state index in [1.807, 2.05) is 0 Å². The van der Waals surface area contributed by atoms with Crippen LogP contribution in [0.2, 0.25) is 0 Å². The Morgan fingerprint density at radius 1 is 1.17 bits per heavy atom. The Balaban J connectivity index is 2.25. The molecule has 0 saturated heterocycles. The van der Waals surface area contributed by atoms with Gasteiger partial charge >= 0.3 is 0 Å². The van der Waals surface area contributed by atoms with Crippen molar-refractivity contribution in [3.05, 3.63) is 58.3 Å². The fraction of sp³-hybridized carbons (Fsp3) is 0. The molecule has 18 heavy (non-hydrogen) atoms. The summed E-state index contributed by atoms with van der Waals surface area (Å²) in [4.78, 5) is 0.305. The van der Waals surface area contributed by atoms with Crippen molar-refractivity contribution >= 4 is 33.1 Å². The van der Waals surface area contributed by atoms with Gasteiger partial charge in [0.1, 0.15) is 22.3 Å². The minimum atomic E-state index is -0.341. The summed E-state index contributed by atoms with van der Waals surface area (Å²) < 4.78 is 19.3. The molecule has 0 aliphatic carbocycles. The predicted molar refractivity (Wildman–Crippen MR) is 76.5 cm³/mol. The van der Waals surface area contributed by atoms with Crippen LogP contribution in [0.3, 0.4) is 0 Å². The molecule has 0 radical (unpaired) electrons. The molecule has 0 saturated carbocycles. The molecule has 0 aromatic heterocycles. The third-order valence-electron chi connectivity index (χ3n) is 2.24. The molecule has 0 heterocycles. The maximum atomic E-state index is 13.0. The number of ether oxygens (including phenoxy) is 1. The normalized spacial score (nSPS) is 10.1. The van der Waals surface area contributed by atoms with Crippen molar-refractivity contribution in [1.29, 1.82) is 0 Å². The Labute approximate surface area is 118 Å². The van der Waals surface area contributed by atoms with E-state index in [4.69, 9.17) is 22.7 Å². The van der Waals surface area contributed by atoms with Crippen LogP contribution in [-0.2, 0) is 0 Å². The molecule has 0 spiro atoms. The lowest BCUT2D eigenvalue weighted by molar-refractivity contribution is 0.476. The predicted octanol–water partition coefficient (Wildman–Crippen LogP) is 4.01. The molecule has 92 valence electrons. The molecule has 2 aromatic rings. The standard InChI is InChI=1S/C13H9BrFNOS/c14-12-7-10(4-5-11(12)13(16)18)17-9-3-1-2-8(15)6-9/h1-7H,(H2,16,18). The van der Waals surface area contributed by atoms with Gasteiger partial charge in [0.05, 0.1) is 0 Å². The van der Waals surface area contributed by atoms with E-state index < -0.39 is 0 Å². The maximum absolute atomic E-state index is 13.0. The van der Waals surface area contributed by atoms with Gasteiger partial charge in [-0.1, -0.05) is 18.3 Å². The summed E-state index contributed by atoms with van der Waals surface area (Å²) in [6.45, 7) is 0. The summed E-state index contributed by atoms with van der Waals surface area (Å²) in [5, 5.41) is 0. The monoisotopic (exact) mass is 325 g/mol. The summed E-state index contributed by atoms with van der Waals surface area (Å²) in [6, 6.07) is 11.2. The van der Waals surface area contributed by atoms with Gasteiger partial charge in [0, 0.05) is 16.1 Å². The lowest BCUT2D eigenvalue weighted by atomic mass is 10.2. The SMILES string of the molecule is NC(=S)c1ccc(Oc2cccc(F)c2)cc1Br. The van der Waals surface area contributed by atoms with Crippen LogP contribution in [0, 0.1) is 5.82 Å². The maximum Gasteiger partial charge on any atom is 0.130 e. The van der Waals surface area contributed by atoms with Crippen LogP contribution in [0.1, 0.15) is 5.56 Å². The van der Waals surface area contributed by atoms with E-state index in [1.54, 1.807) is 30.3 Å². The van der Waals surface area contributed by atoms with Crippen molar-refractivity contribution in [2.24, 2.45) is 5.73 Å². The molecular formula is C13H9BrFNOS. The summed E-state index contributed by atoms with van der Waals surface area (Å²) in [6.07, 6.45) is 0. The summed E-state index contributed by atoms with van der Waals surface area (Å²) in [5.41, 5.74) is 6.28. The second-order valence-electron chi connectivity index (χ2n) is 3.57. The molecule has 0 amide bonds. The number of hydrogen-bond acceptors (Lipinski definition) is 2. The Bertz CT molecular complexity index is 603. The second kappa shape index (κ2) is 5.46. The van der Waals surface area contributed by atoms with Crippen molar-refractivity contribution in [1.82, 2.24) is 0 Å². The van der Waals surface area contributed by atoms with E-state index in [-0.39, 0.29) is 5.82 Å². The Kier molecular flexibility index (Phi) is 3.93. The first kappa shape index (κ1) is 13.0. The van der Waals surface area contributed by atoms with Crippen molar-refractivity contribution in [3.8, 4) is 11.5 Å². The van der Waals surface area contributed by atoms with E-state index in [0.717, 1.165) is 10.0 Å². The van der Waals surface area contributed by atoms with Crippen molar-refractivity contribution in [3.63, 3.8) is 0 Å². The van der Waals surface area contributed by atoms with Crippen molar-refractivity contribution in [2.45, 2.75) is 0 Å². The highest BCUT2D eigenvalue weighted by Gasteiger charge is 2.05. The first-order valence-corrected chi connectivity index (χ1v) is 6.29. The van der Waals surface area contributed by atoms with E-state index in [1.165, 1.54) is 12.1 Å². The molecule has 0 unspecified atom stereocenters. The van der Waals surface area contributed by atoms with Gasteiger partial charge in [0.25, 0.3) is 0 Å². The molecule has 2 N–H and O–H groups in total. The molecule has 2 aromatic carbocycles. The van der Waals surface area contributed by atoms with E-state index in [9.17, 15) is 4.39 Å². The minimum absolute atomic E-state index is 0.305. The third kappa shape index (κ3) is 3.05. The number of nitrogens with two attached hydrogens (primary N) is 1. The van der Waals surface area contributed by atoms with Crippen LogP contribution in [0.15, 0.2) is 46.9 Å². The zero-order chi connectivity index (χ0) is 13.1. The van der Waals surface area contributed by atoms with Crippen LogP contribution in [0.5, 0.6) is 11.5 Å². The number of hydrogen-bond donors (Lipinski definition) is 1. The largest absolute Gasteiger partial charge is 0.457 e. The van der Waals surface area contributed by atoms with Crippen molar-refractivity contribution in [2.75, 3.05) is 0 Å².